The zero-order valence-electron chi connectivity index (χ0n) is 19.2. The van der Waals surface area contributed by atoms with Gasteiger partial charge in [0.2, 0.25) is 21.8 Å². The third kappa shape index (κ3) is 6.85. The molecule has 1 saturated heterocycles. The monoisotopic (exact) mass is 472 g/mol. The second-order valence-electron chi connectivity index (χ2n) is 8.58. The molecule has 1 fully saturated rings. The summed E-state index contributed by atoms with van der Waals surface area (Å²) < 4.78 is 27.3. The number of hydrogen-bond acceptors (Lipinski definition) is 5. The van der Waals surface area contributed by atoms with Crippen LogP contribution in [-0.2, 0) is 26.2 Å². The highest BCUT2D eigenvalue weighted by atomic mass is 32.2. The molecule has 0 aliphatic carbocycles. The van der Waals surface area contributed by atoms with Gasteiger partial charge in [-0.2, -0.15) is 4.31 Å². The van der Waals surface area contributed by atoms with E-state index >= 15 is 0 Å². The number of carbonyl (C=O) groups excluding carboxylic acids is 2. The quantitative estimate of drug-likeness (QED) is 0.583. The third-order valence-electron chi connectivity index (χ3n) is 5.90. The largest absolute Gasteiger partial charge is 0.355 e. The first-order chi connectivity index (χ1) is 15.8. The molecule has 0 unspecified atom stereocenters. The molecule has 2 heterocycles. The Morgan fingerprint density at radius 2 is 1.67 bits per heavy atom. The van der Waals surface area contributed by atoms with Gasteiger partial charge in [0.15, 0.2) is 0 Å². The van der Waals surface area contributed by atoms with Gasteiger partial charge in [-0.15, -0.1) is 0 Å². The van der Waals surface area contributed by atoms with Gasteiger partial charge in [0, 0.05) is 50.9 Å². The van der Waals surface area contributed by atoms with Gasteiger partial charge in [0.1, 0.15) is 0 Å². The normalized spacial score (nSPS) is 15.4. The molecule has 3 rings (SSSR count). The lowest BCUT2D eigenvalue weighted by Gasteiger charge is -2.30. The van der Waals surface area contributed by atoms with Crippen LogP contribution in [0.1, 0.15) is 50.2 Å². The van der Waals surface area contributed by atoms with Crippen LogP contribution in [0.2, 0.25) is 0 Å². The van der Waals surface area contributed by atoms with Crippen LogP contribution in [0.4, 0.5) is 0 Å². The third-order valence-corrected chi connectivity index (χ3v) is 7.81. The van der Waals surface area contributed by atoms with Crippen molar-refractivity contribution in [2.45, 2.75) is 50.5 Å². The summed E-state index contributed by atoms with van der Waals surface area (Å²) >= 11 is 0. The number of aromatic nitrogens is 1. The molecule has 1 aliphatic rings. The number of sulfonamides is 1. The molecule has 1 aliphatic heterocycles. The van der Waals surface area contributed by atoms with Gasteiger partial charge in [0.05, 0.1) is 4.90 Å². The van der Waals surface area contributed by atoms with Crippen molar-refractivity contribution in [3.63, 3.8) is 0 Å². The molecule has 1 aromatic carbocycles. The highest BCUT2D eigenvalue weighted by molar-refractivity contribution is 7.89. The Kier molecular flexibility index (Phi) is 8.57. The van der Waals surface area contributed by atoms with Crippen molar-refractivity contribution in [2.75, 3.05) is 19.6 Å². The fourth-order valence-corrected chi connectivity index (χ4v) is 5.24. The molecule has 0 bridgehead atoms. The molecular formula is C24H32N4O4S. The minimum absolute atomic E-state index is 0.129. The second-order valence-corrected chi connectivity index (χ2v) is 10.5. The van der Waals surface area contributed by atoms with Gasteiger partial charge in [-0.1, -0.05) is 26.0 Å². The standard InChI is InChI=1S/C24H32N4O4S/c1-18(2)20-3-5-22(6-4-20)33(31,32)28-15-10-21(11-16-28)24(30)26-14-9-23(29)27-17-19-7-12-25-13-8-19/h3-8,12-13,18,21H,9-11,14-17H2,1-2H3,(H,26,30)(H,27,29). The summed E-state index contributed by atoms with van der Waals surface area (Å²) in [6.45, 7) is 5.41. The first-order valence-corrected chi connectivity index (χ1v) is 12.7. The van der Waals surface area contributed by atoms with Crippen molar-refractivity contribution < 1.29 is 18.0 Å². The maximum Gasteiger partial charge on any atom is 0.243 e. The van der Waals surface area contributed by atoms with Crippen LogP contribution in [0.5, 0.6) is 0 Å². The maximum absolute atomic E-state index is 12.9. The summed E-state index contributed by atoms with van der Waals surface area (Å²) in [5, 5.41) is 5.61. The number of amides is 2. The molecule has 0 saturated carbocycles. The van der Waals surface area contributed by atoms with Crippen LogP contribution >= 0.6 is 0 Å². The summed E-state index contributed by atoms with van der Waals surface area (Å²) in [7, 11) is -3.57. The fourth-order valence-electron chi connectivity index (χ4n) is 3.77. The van der Waals surface area contributed by atoms with Crippen LogP contribution in [0.25, 0.3) is 0 Å². The minimum atomic E-state index is -3.57. The van der Waals surface area contributed by atoms with Gasteiger partial charge >= 0.3 is 0 Å². The molecule has 0 atom stereocenters. The first-order valence-electron chi connectivity index (χ1n) is 11.3. The summed E-state index contributed by atoms with van der Waals surface area (Å²) in [4.78, 5) is 28.7. The minimum Gasteiger partial charge on any atom is -0.355 e. The van der Waals surface area contributed by atoms with Crippen molar-refractivity contribution in [3.05, 3.63) is 59.9 Å². The van der Waals surface area contributed by atoms with E-state index in [-0.39, 0.29) is 35.6 Å². The lowest BCUT2D eigenvalue weighted by Crippen LogP contribution is -2.43. The summed E-state index contributed by atoms with van der Waals surface area (Å²) in [6.07, 6.45) is 4.45. The van der Waals surface area contributed by atoms with E-state index in [0.717, 1.165) is 11.1 Å². The van der Waals surface area contributed by atoms with Crippen molar-refractivity contribution in [2.24, 2.45) is 5.92 Å². The molecule has 8 nitrogen and oxygen atoms in total. The molecule has 9 heteroatoms. The Labute approximate surface area is 195 Å². The van der Waals surface area contributed by atoms with Gasteiger partial charge < -0.3 is 10.6 Å². The van der Waals surface area contributed by atoms with Crippen LogP contribution < -0.4 is 10.6 Å². The Hall–Kier alpha value is -2.78. The topological polar surface area (TPSA) is 108 Å². The highest BCUT2D eigenvalue weighted by Gasteiger charge is 2.32. The lowest BCUT2D eigenvalue weighted by atomic mass is 9.97. The average molecular weight is 473 g/mol. The summed E-state index contributed by atoms with van der Waals surface area (Å²) in [5.74, 6) is -0.185. The number of piperidine rings is 1. The van der Waals surface area contributed by atoms with E-state index in [2.05, 4.69) is 29.5 Å². The fraction of sp³-hybridized carbons (Fsp3) is 0.458. The predicted octanol–water partition coefficient (Wildman–Crippen LogP) is 2.43. The van der Waals surface area contributed by atoms with E-state index < -0.39 is 10.0 Å². The second kappa shape index (κ2) is 11.4. The Morgan fingerprint density at radius 1 is 1.03 bits per heavy atom. The smallest absolute Gasteiger partial charge is 0.243 e. The van der Waals surface area contributed by atoms with Crippen molar-refractivity contribution >= 4 is 21.8 Å². The number of hydrogen-bond donors (Lipinski definition) is 2. The van der Waals surface area contributed by atoms with Gasteiger partial charge in [-0.25, -0.2) is 8.42 Å². The van der Waals surface area contributed by atoms with E-state index in [0.29, 0.717) is 38.4 Å². The van der Waals surface area contributed by atoms with Crippen LogP contribution in [-0.4, -0.2) is 49.2 Å². The van der Waals surface area contributed by atoms with Gasteiger partial charge in [0.25, 0.3) is 0 Å². The molecule has 178 valence electrons. The van der Waals surface area contributed by atoms with E-state index in [1.165, 1.54) is 4.31 Å². The maximum atomic E-state index is 12.9. The number of nitrogens with one attached hydrogen (secondary N) is 2. The number of pyridine rings is 1. The van der Waals surface area contributed by atoms with Gasteiger partial charge in [-0.3, -0.25) is 14.6 Å². The number of rotatable bonds is 9. The molecule has 0 spiro atoms. The molecule has 2 amide bonds. The lowest BCUT2D eigenvalue weighted by molar-refractivity contribution is -0.126. The van der Waals surface area contributed by atoms with E-state index in [1.807, 2.05) is 24.3 Å². The van der Waals surface area contributed by atoms with E-state index in [9.17, 15) is 18.0 Å². The molecule has 33 heavy (non-hydrogen) atoms. The van der Waals surface area contributed by atoms with Crippen LogP contribution in [0.15, 0.2) is 53.7 Å². The highest BCUT2D eigenvalue weighted by Crippen LogP contribution is 2.25. The van der Waals surface area contributed by atoms with E-state index in [1.54, 1.807) is 24.5 Å². The SMILES string of the molecule is CC(C)c1ccc(S(=O)(=O)N2CCC(C(=O)NCCC(=O)NCc3ccncc3)CC2)cc1. The molecule has 1 aromatic heterocycles. The number of benzene rings is 1. The Balaban J connectivity index is 1.40. The number of carbonyl (C=O) groups is 2. The summed E-state index contributed by atoms with van der Waals surface area (Å²) in [5.41, 5.74) is 2.05. The zero-order valence-corrected chi connectivity index (χ0v) is 20.0. The predicted molar refractivity (Wildman–Crippen MR) is 126 cm³/mol. The molecule has 2 N–H and O–H groups in total. The number of nitrogens with zero attached hydrogens (tertiary/aromatic N) is 2. The first kappa shape index (κ1) is 24.9. The van der Waals surface area contributed by atoms with Crippen LogP contribution in [0.3, 0.4) is 0 Å². The summed E-state index contributed by atoms with van der Waals surface area (Å²) in [6, 6.07) is 10.7. The molecular weight excluding hydrogens is 440 g/mol. The Bertz CT molecular complexity index is 1030. The van der Waals surface area contributed by atoms with Crippen molar-refractivity contribution in [3.8, 4) is 0 Å². The molecule has 2 aromatic rings. The average Bonchev–Trinajstić information content (AvgIpc) is 2.83. The van der Waals surface area contributed by atoms with Crippen molar-refractivity contribution in [1.82, 2.24) is 19.9 Å². The van der Waals surface area contributed by atoms with Crippen molar-refractivity contribution in [1.29, 1.82) is 0 Å². The van der Waals surface area contributed by atoms with Gasteiger partial charge in [-0.05, 0) is 54.2 Å². The van der Waals surface area contributed by atoms with Crippen LogP contribution in [0, 0.1) is 5.92 Å². The zero-order chi connectivity index (χ0) is 23.8. The van der Waals surface area contributed by atoms with E-state index in [4.69, 9.17) is 0 Å². The molecule has 0 radical (unpaired) electrons. The Morgan fingerprint density at radius 3 is 2.27 bits per heavy atom.